The van der Waals surface area contributed by atoms with Crippen LogP contribution in [0.5, 0.6) is 5.75 Å². The number of hydrogen-bond donors (Lipinski definition) is 1. The van der Waals surface area contributed by atoms with Gasteiger partial charge in [0, 0.05) is 0 Å². The second kappa shape index (κ2) is 2.88. The van der Waals surface area contributed by atoms with E-state index in [1.54, 1.807) is 41.3 Å². The van der Waals surface area contributed by atoms with Gasteiger partial charge in [-0.1, -0.05) is 0 Å². The molecule has 3 aromatic rings. The van der Waals surface area contributed by atoms with Gasteiger partial charge in [0.1, 0.15) is 5.75 Å². The number of imidazole rings is 1. The number of aromatic nitrogens is 2. The first kappa shape index (κ1) is 8.11. The topological polar surface area (TPSA) is 50.7 Å². The molecule has 3 aromatic heterocycles. The average Bonchev–Trinajstić information content (AvgIpc) is 2.83. The Labute approximate surface area is 85.4 Å². The molecule has 74 valence electrons. The van der Waals surface area contributed by atoms with Crippen LogP contribution >= 0.6 is 0 Å². The number of furan rings is 1. The van der Waals surface area contributed by atoms with Crippen LogP contribution in [0.25, 0.3) is 17.1 Å². The maximum atomic E-state index is 9.39. The van der Waals surface area contributed by atoms with E-state index in [1.165, 1.54) is 0 Å². The molecule has 0 saturated heterocycles. The molecular weight excluding hydrogens is 192 g/mol. The molecule has 0 saturated carbocycles. The summed E-state index contributed by atoms with van der Waals surface area (Å²) in [6.07, 6.45) is 4.94. The van der Waals surface area contributed by atoms with Crippen molar-refractivity contribution in [3.63, 3.8) is 0 Å². The minimum Gasteiger partial charge on any atom is -0.506 e. The third-order valence-corrected chi connectivity index (χ3v) is 2.25. The SMILES string of the molecule is Oc1ccc2cnc(-c3ccco3)n2c1. The van der Waals surface area contributed by atoms with Crippen LogP contribution in [0.3, 0.4) is 0 Å². The second-order valence-electron chi connectivity index (χ2n) is 3.24. The third kappa shape index (κ3) is 1.19. The van der Waals surface area contributed by atoms with Crippen LogP contribution in [0.15, 0.2) is 47.3 Å². The van der Waals surface area contributed by atoms with Gasteiger partial charge in [-0.3, -0.25) is 4.40 Å². The van der Waals surface area contributed by atoms with E-state index in [4.69, 9.17) is 4.42 Å². The molecule has 0 unspecified atom stereocenters. The summed E-state index contributed by atoms with van der Waals surface area (Å²) in [6.45, 7) is 0. The monoisotopic (exact) mass is 200 g/mol. The lowest BCUT2D eigenvalue weighted by Crippen LogP contribution is -1.86. The van der Waals surface area contributed by atoms with Crippen molar-refractivity contribution in [1.82, 2.24) is 9.38 Å². The highest BCUT2D eigenvalue weighted by Gasteiger charge is 2.08. The molecule has 3 rings (SSSR count). The minimum atomic E-state index is 0.202. The Hall–Kier alpha value is -2.23. The van der Waals surface area contributed by atoms with Gasteiger partial charge >= 0.3 is 0 Å². The Morgan fingerprint density at radius 3 is 3.00 bits per heavy atom. The molecule has 0 atom stereocenters. The van der Waals surface area contributed by atoms with Crippen LogP contribution in [0, 0.1) is 0 Å². The van der Waals surface area contributed by atoms with Crippen LogP contribution in [0.2, 0.25) is 0 Å². The molecule has 0 radical (unpaired) electrons. The highest BCUT2D eigenvalue weighted by molar-refractivity contribution is 5.58. The number of aromatic hydroxyl groups is 1. The predicted molar refractivity (Wildman–Crippen MR) is 54.6 cm³/mol. The van der Waals surface area contributed by atoms with Crippen LogP contribution in [-0.2, 0) is 0 Å². The molecule has 0 amide bonds. The lowest BCUT2D eigenvalue weighted by molar-refractivity contribution is 0.472. The molecule has 0 aromatic carbocycles. The molecule has 15 heavy (non-hydrogen) atoms. The maximum absolute atomic E-state index is 9.39. The second-order valence-corrected chi connectivity index (χ2v) is 3.24. The van der Waals surface area contributed by atoms with E-state index >= 15 is 0 Å². The summed E-state index contributed by atoms with van der Waals surface area (Å²) in [5, 5.41) is 9.39. The first-order valence-corrected chi connectivity index (χ1v) is 4.54. The number of nitrogens with zero attached hydrogens (tertiary/aromatic N) is 2. The zero-order chi connectivity index (χ0) is 10.3. The van der Waals surface area contributed by atoms with E-state index in [1.807, 2.05) is 6.07 Å². The standard InChI is InChI=1S/C11H8N2O2/c14-9-4-3-8-6-12-11(13(8)7-9)10-2-1-5-15-10/h1-7,14H. The van der Waals surface area contributed by atoms with Crippen molar-refractivity contribution in [2.75, 3.05) is 0 Å². The first-order chi connectivity index (χ1) is 7.34. The quantitative estimate of drug-likeness (QED) is 0.655. The van der Waals surface area contributed by atoms with Gasteiger partial charge in [-0.05, 0) is 24.3 Å². The Kier molecular flexibility index (Phi) is 1.56. The summed E-state index contributed by atoms with van der Waals surface area (Å²) < 4.78 is 7.05. The molecule has 0 bridgehead atoms. The Bertz CT molecular complexity index is 596. The summed E-state index contributed by atoms with van der Waals surface area (Å²) >= 11 is 0. The highest BCUT2D eigenvalue weighted by atomic mass is 16.3. The average molecular weight is 200 g/mol. The molecule has 4 heteroatoms. The van der Waals surface area contributed by atoms with Crippen LogP contribution in [0.1, 0.15) is 0 Å². The van der Waals surface area contributed by atoms with Gasteiger partial charge < -0.3 is 9.52 Å². The zero-order valence-corrected chi connectivity index (χ0v) is 7.79. The third-order valence-electron chi connectivity index (χ3n) is 2.25. The van der Waals surface area contributed by atoms with E-state index in [-0.39, 0.29) is 5.75 Å². The first-order valence-electron chi connectivity index (χ1n) is 4.54. The van der Waals surface area contributed by atoms with Crippen molar-refractivity contribution in [1.29, 1.82) is 0 Å². The predicted octanol–water partition coefficient (Wildman–Crippen LogP) is 2.30. The van der Waals surface area contributed by atoms with E-state index in [0.29, 0.717) is 11.6 Å². The Morgan fingerprint density at radius 2 is 2.20 bits per heavy atom. The summed E-state index contributed by atoms with van der Waals surface area (Å²) in [5.41, 5.74) is 0.916. The Morgan fingerprint density at radius 1 is 1.27 bits per heavy atom. The number of fused-ring (bicyclic) bond motifs is 1. The van der Waals surface area contributed by atoms with Crippen molar-refractivity contribution in [3.05, 3.63) is 42.9 Å². The van der Waals surface area contributed by atoms with Gasteiger partial charge in [0.2, 0.25) is 0 Å². The number of pyridine rings is 1. The minimum absolute atomic E-state index is 0.202. The molecule has 0 aliphatic heterocycles. The molecule has 0 fully saturated rings. The van der Waals surface area contributed by atoms with Crippen molar-refractivity contribution < 1.29 is 9.52 Å². The van der Waals surface area contributed by atoms with Gasteiger partial charge in [0.25, 0.3) is 0 Å². The van der Waals surface area contributed by atoms with Crippen molar-refractivity contribution in [2.24, 2.45) is 0 Å². The highest BCUT2D eigenvalue weighted by Crippen LogP contribution is 2.21. The van der Waals surface area contributed by atoms with Crippen molar-refractivity contribution >= 4 is 5.52 Å². The summed E-state index contributed by atoms with van der Waals surface area (Å²) in [4.78, 5) is 4.24. The fourth-order valence-electron chi connectivity index (χ4n) is 1.57. The summed E-state index contributed by atoms with van der Waals surface area (Å²) in [5.74, 6) is 1.57. The number of rotatable bonds is 1. The van der Waals surface area contributed by atoms with Gasteiger partial charge in [0.15, 0.2) is 11.6 Å². The molecule has 0 spiro atoms. The van der Waals surface area contributed by atoms with Crippen molar-refractivity contribution in [2.45, 2.75) is 0 Å². The van der Waals surface area contributed by atoms with Crippen LogP contribution in [0.4, 0.5) is 0 Å². The van der Waals surface area contributed by atoms with Crippen LogP contribution in [-0.4, -0.2) is 14.5 Å². The van der Waals surface area contributed by atoms with E-state index in [2.05, 4.69) is 4.98 Å². The van der Waals surface area contributed by atoms with Crippen molar-refractivity contribution in [3.8, 4) is 17.3 Å². The molecule has 1 N–H and O–H groups in total. The lowest BCUT2D eigenvalue weighted by atomic mass is 10.4. The van der Waals surface area contributed by atoms with Gasteiger partial charge in [-0.2, -0.15) is 0 Å². The fraction of sp³-hybridized carbons (Fsp3) is 0. The normalized spacial score (nSPS) is 10.9. The molecule has 0 aliphatic carbocycles. The lowest BCUT2D eigenvalue weighted by Gasteiger charge is -1.98. The smallest absolute Gasteiger partial charge is 0.180 e. The fourth-order valence-corrected chi connectivity index (χ4v) is 1.57. The van der Waals surface area contributed by atoms with Crippen LogP contribution < -0.4 is 0 Å². The molecule has 0 aliphatic rings. The van der Waals surface area contributed by atoms with Gasteiger partial charge in [-0.15, -0.1) is 0 Å². The molecular formula is C11H8N2O2. The van der Waals surface area contributed by atoms with E-state index < -0.39 is 0 Å². The zero-order valence-electron chi connectivity index (χ0n) is 7.79. The number of hydrogen-bond acceptors (Lipinski definition) is 3. The Balaban J connectivity index is 2.32. The molecule has 4 nitrogen and oxygen atoms in total. The largest absolute Gasteiger partial charge is 0.506 e. The van der Waals surface area contributed by atoms with E-state index in [9.17, 15) is 5.11 Å². The summed E-state index contributed by atoms with van der Waals surface area (Å²) in [7, 11) is 0. The van der Waals surface area contributed by atoms with E-state index in [0.717, 1.165) is 5.52 Å². The van der Waals surface area contributed by atoms with Gasteiger partial charge in [-0.25, -0.2) is 4.98 Å². The van der Waals surface area contributed by atoms with Gasteiger partial charge in [0.05, 0.1) is 24.2 Å². The maximum Gasteiger partial charge on any atom is 0.180 e. The summed E-state index contributed by atoms with van der Waals surface area (Å²) in [6, 6.07) is 7.07. The molecule has 3 heterocycles.